The van der Waals surface area contributed by atoms with Gasteiger partial charge in [0.25, 0.3) is 0 Å². The summed E-state index contributed by atoms with van der Waals surface area (Å²) in [5.74, 6) is 1.30. The molecule has 0 atom stereocenters. The van der Waals surface area contributed by atoms with Crippen LogP contribution in [0.25, 0.3) is 61.4 Å². The van der Waals surface area contributed by atoms with Gasteiger partial charge in [0.15, 0.2) is 16.9 Å². The predicted octanol–water partition coefficient (Wildman–Crippen LogP) is 8.30. The van der Waals surface area contributed by atoms with Crippen molar-refractivity contribution in [2.24, 2.45) is 0 Å². The molecule has 3 aromatic heterocycles. The molecule has 0 aliphatic heterocycles. The van der Waals surface area contributed by atoms with E-state index < -0.39 is 0 Å². The van der Waals surface area contributed by atoms with Gasteiger partial charge in [-0.05, 0) is 29.3 Å². The number of methoxy groups -OCH3 is 1. The Bertz CT molecular complexity index is 2080. The normalized spacial score (nSPS) is 13.7. The number of para-hydroxylation sites is 2. The SMILES string of the molecule is COc1cccc2c1oc1c(-c3ccccc3)nc(-n3c4c(c5ccccc53)C(C)(C)c3ccccc3-4)nc12. The Morgan fingerprint density at radius 1 is 0.744 bits per heavy atom. The van der Waals surface area contributed by atoms with Gasteiger partial charge in [-0.15, -0.1) is 0 Å². The predicted molar refractivity (Wildman–Crippen MR) is 156 cm³/mol. The molecular formula is C34H25N3O2. The van der Waals surface area contributed by atoms with Crippen LogP contribution in [0.1, 0.15) is 25.0 Å². The molecule has 0 fully saturated rings. The van der Waals surface area contributed by atoms with Crippen molar-refractivity contribution in [3.8, 4) is 34.2 Å². The van der Waals surface area contributed by atoms with Gasteiger partial charge in [-0.1, -0.05) is 92.7 Å². The van der Waals surface area contributed by atoms with E-state index in [-0.39, 0.29) is 5.41 Å². The topological polar surface area (TPSA) is 53.1 Å². The lowest BCUT2D eigenvalue weighted by atomic mass is 9.81. The average Bonchev–Trinajstić information content (AvgIpc) is 3.60. The van der Waals surface area contributed by atoms with E-state index in [1.807, 2.05) is 36.4 Å². The molecule has 39 heavy (non-hydrogen) atoms. The van der Waals surface area contributed by atoms with E-state index in [1.165, 1.54) is 22.1 Å². The molecule has 0 unspecified atom stereocenters. The van der Waals surface area contributed by atoms with Crippen molar-refractivity contribution in [3.05, 3.63) is 108 Å². The quantitative estimate of drug-likeness (QED) is 0.241. The number of hydrogen-bond acceptors (Lipinski definition) is 4. The number of nitrogens with zero attached hydrogens (tertiary/aromatic N) is 3. The number of rotatable bonds is 3. The van der Waals surface area contributed by atoms with Crippen LogP contribution < -0.4 is 4.74 Å². The second kappa shape index (κ2) is 7.81. The van der Waals surface area contributed by atoms with Crippen molar-refractivity contribution >= 4 is 33.0 Å². The van der Waals surface area contributed by atoms with Crippen LogP contribution in [0.2, 0.25) is 0 Å². The Morgan fingerprint density at radius 3 is 2.33 bits per heavy atom. The highest BCUT2D eigenvalue weighted by Crippen LogP contribution is 2.53. The first-order chi connectivity index (χ1) is 19.1. The van der Waals surface area contributed by atoms with Crippen LogP contribution in [-0.2, 0) is 5.41 Å². The summed E-state index contributed by atoms with van der Waals surface area (Å²) in [6.07, 6.45) is 0. The molecule has 3 heterocycles. The Balaban J connectivity index is 1.55. The van der Waals surface area contributed by atoms with Crippen LogP contribution in [0.5, 0.6) is 5.75 Å². The van der Waals surface area contributed by atoms with E-state index in [2.05, 4.69) is 79.1 Å². The average molecular weight is 508 g/mol. The summed E-state index contributed by atoms with van der Waals surface area (Å²) < 4.78 is 14.3. The van der Waals surface area contributed by atoms with Crippen molar-refractivity contribution in [2.45, 2.75) is 19.3 Å². The Morgan fingerprint density at radius 2 is 1.49 bits per heavy atom. The zero-order valence-corrected chi connectivity index (χ0v) is 21.9. The van der Waals surface area contributed by atoms with Gasteiger partial charge in [0, 0.05) is 21.9 Å². The molecule has 0 N–H and O–H groups in total. The molecule has 7 aromatic rings. The van der Waals surface area contributed by atoms with Crippen molar-refractivity contribution in [2.75, 3.05) is 7.11 Å². The fraction of sp³-hybridized carbons (Fsp3) is 0.118. The lowest BCUT2D eigenvalue weighted by molar-refractivity contribution is 0.412. The molecule has 0 saturated carbocycles. The molecule has 0 saturated heterocycles. The lowest BCUT2D eigenvalue weighted by Gasteiger charge is -2.21. The summed E-state index contributed by atoms with van der Waals surface area (Å²) in [5, 5.41) is 2.12. The highest BCUT2D eigenvalue weighted by atomic mass is 16.5. The standard InChI is InChI=1S/C34H25N3O2/c1-34(2)24-17-9-7-14-21(24)30-27(34)22-15-8-10-18-25(22)37(30)33-35-28(20-12-5-4-6-13-20)32-29(36-33)23-16-11-19-26(38-3)31(23)39-32/h4-19H,1-3H3. The van der Waals surface area contributed by atoms with Crippen LogP contribution in [0.15, 0.2) is 101 Å². The van der Waals surface area contributed by atoms with Crippen molar-refractivity contribution in [1.82, 2.24) is 14.5 Å². The van der Waals surface area contributed by atoms with Crippen LogP contribution >= 0.6 is 0 Å². The third-order valence-electron chi connectivity index (χ3n) is 8.11. The molecule has 0 spiro atoms. The summed E-state index contributed by atoms with van der Waals surface area (Å²) in [5.41, 5.74) is 9.76. The molecule has 1 aliphatic carbocycles. The molecule has 0 radical (unpaired) electrons. The molecular weight excluding hydrogens is 482 g/mol. The molecule has 4 aromatic carbocycles. The number of ether oxygens (including phenoxy) is 1. The van der Waals surface area contributed by atoms with Crippen molar-refractivity contribution < 1.29 is 9.15 Å². The maximum atomic E-state index is 6.44. The van der Waals surface area contributed by atoms with Crippen LogP contribution in [0.3, 0.4) is 0 Å². The van der Waals surface area contributed by atoms with Crippen molar-refractivity contribution in [3.63, 3.8) is 0 Å². The summed E-state index contributed by atoms with van der Waals surface area (Å²) >= 11 is 0. The van der Waals surface area contributed by atoms with E-state index in [1.54, 1.807) is 7.11 Å². The maximum Gasteiger partial charge on any atom is 0.236 e. The minimum absolute atomic E-state index is 0.154. The van der Waals surface area contributed by atoms with Gasteiger partial charge in [0.1, 0.15) is 11.2 Å². The molecule has 1 aliphatic rings. The fourth-order valence-electron chi connectivity index (χ4n) is 6.38. The van der Waals surface area contributed by atoms with Crippen LogP contribution in [0.4, 0.5) is 0 Å². The van der Waals surface area contributed by atoms with Gasteiger partial charge >= 0.3 is 0 Å². The number of fused-ring (bicyclic) bond motifs is 8. The van der Waals surface area contributed by atoms with E-state index >= 15 is 0 Å². The first-order valence-corrected chi connectivity index (χ1v) is 13.1. The van der Waals surface area contributed by atoms with E-state index in [9.17, 15) is 0 Å². The van der Waals surface area contributed by atoms with Crippen LogP contribution in [-0.4, -0.2) is 21.6 Å². The van der Waals surface area contributed by atoms with Gasteiger partial charge in [0.05, 0.1) is 23.7 Å². The second-order valence-corrected chi connectivity index (χ2v) is 10.6. The molecule has 8 rings (SSSR count). The zero-order valence-electron chi connectivity index (χ0n) is 21.9. The molecule has 0 amide bonds. The number of benzene rings is 4. The van der Waals surface area contributed by atoms with Crippen LogP contribution in [0, 0.1) is 0 Å². The monoisotopic (exact) mass is 507 g/mol. The number of aromatic nitrogens is 3. The van der Waals surface area contributed by atoms with Gasteiger partial charge in [-0.25, -0.2) is 9.97 Å². The third kappa shape index (κ3) is 2.90. The minimum atomic E-state index is -0.154. The van der Waals surface area contributed by atoms with E-state index in [4.69, 9.17) is 19.1 Å². The summed E-state index contributed by atoms with van der Waals surface area (Å²) in [7, 11) is 1.66. The first kappa shape index (κ1) is 22.1. The molecule has 188 valence electrons. The number of hydrogen-bond donors (Lipinski definition) is 0. The van der Waals surface area contributed by atoms with Gasteiger partial charge in [-0.2, -0.15) is 0 Å². The fourth-order valence-corrected chi connectivity index (χ4v) is 6.38. The molecule has 0 bridgehead atoms. The largest absolute Gasteiger partial charge is 0.493 e. The van der Waals surface area contributed by atoms with E-state index in [0.717, 1.165) is 33.4 Å². The Kier molecular flexibility index (Phi) is 4.43. The minimum Gasteiger partial charge on any atom is -0.493 e. The number of furan rings is 1. The molecule has 5 nitrogen and oxygen atoms in total. The van der Waals surface area contributed by atoms with Gasteiger partial charge in [0.2, 0.25) is 5.95 Å². The summed E-state index contributed by atoms with van der Waals surface area (Å²) in [6.45, 7) is 4.62. The Hall–Kier alpha value is -4.90. The lowest BCUT2D eigenvalue weighted by Crippen LogP contribution is -2.14. The second-order valence-electron chi connectivity index (χ2n) is 10.6. The maximum absolute atomic E-state index is 6.44. The summed E-state index contributed by atoms with van der Waals surface area (Å²) in [4.78, 5) is 10.4. The third-order valence-corrected chi connectivity index (χ3v) is 8.11. The van der Waals surface area contributed by atoms with Crippen molar-refractivity contribution in [1.29, 1.82) is 0 Å². The summed E-state index contributed by atoms with van der Waals surface area (Å²) in [6, 6.07) is 33.4. The smallest absolute Gasteiger partial charge is 0.236 e. The molecule has 5 heteroatoms. The van der Waals surface area contributed by atoms with Gasteiger partial charge in [-0.3, -0.25) is 4.57 Å². The highest BCUT2D eigenvalue weighted by Gasteiger charge is 2.40. The zero-order chi connectivity index (χ0) is 26.3. The van der Waals surface area contributed by atoms with E-state index in [0.29, 0.717) is 22.9 Å². The first-order valence-electron chi connectivity index (χ1n) is 13.1. The Labute approximate surface area is 225 Å². The highest BCUT2D eigenvalue weighted by molar-refractivity contribution is 6.08. The van der Waals surface area contributed by atoms with Gasteiger partial charge < -0.3 is 9.15 Å².